The Kier molecular flexibility index (Phi) is 7.41. The first-order chi connectivity index (χ1) is 9.47. The van der Waals surface area contributed by atoms with E-state index >= 15 is 0 Å². The van der Waals surface area contributed by atoms with Gasteiger partial charge >= 0.3 is 0 Å². The normalized spacial score (nSPS) is 12.5. The van der Waals surface area contributed by atoms with Crippen LogP contribution in [0.15, 0.2) is 23.1 Å². The highest BCUT2D eigenvalue weighted by Crippen LogP contribution is 2.25. The Morgan fingerprint density at radius 3 is 2.70 bits per heavy atom. The Hall–Kier alpha value is -0.710. The summed E-state index contributed by atoms with van der Waals surface area (Å²) < 4.78 is 0. The number of rotatable bonds is 7. The van der Waals surface area contributed by atoms with Gasteiger partial charge in [0, 0.05) is 9.92 Å². The summed E-state index contributed by atoms with van der Waals surface area (Å²) >= 11 is 7.58. The second-order valence-corrected chi connectivity index (χ2v) is 6.80. The zero-order valence-corrected chi connectivity index (χ0v) is 13.7. The molecule has 1 aromatic rings. The molecule has 0 aliphatic heterocycles. The predicted octanol–water partition coefficient (Wildman–Crippen LogP) is 3.59. The molecule has 0 heterocycles. The van der Waals surface area contributed by atoms with Gasteiger partial charge in [-0.2, -0.15) is 0 Å². The number of halogens is 1. The minimum atomic E-state index is -0.221. The van der Waals surface area contributed by atoms with Gasteiger partial charge in [-0.15, -0.1) is 11.8 Å². The monoisotopic (exact) mass is 315 g/mol. The van der Waals surface area contributed by atoms with Gasteiger partial charge in [-0.1, -0.05) is 32.4 Å². The number of amides is 1. The fourth-order valence-corrected chi connectivity index (χ4v) is 2.93. The van der Waals surface area contributed by atoms with E-state index in [-0.39, 0.29) is 18.6 Å². The van der Waals surface area contributed by atoms with Crippen LogP contribution in [-0.4, -0.2) is 29.4 Å². The van der Waals surface area contributed by atoms with Crippen LogP contribution in [0.3, 0.4) is 0 Å². The fraction of sp³-hybridized carbons (Fsp3) is 0.533. The molecule has 1 amide bonds. The lowest BCUT2D eigenvalue weighted by molar-refractivity contribution is 0.0905. The molecule has 0 aromatic heterocycles. The third-order valence-corrected chi connectivity index (χ3v) is 3.99. The molecule has 0 saturated carbocycles. The van der Waals surface area contributed by atoms with E-state index in [2.05, 4.69) is 19.2 Å². The maximum absolute atomic E-state index is 12.3. The highest BCUT2D eigenvalue weighted by molar-refractivity contribution is 7.99. The van der Waals surface area contributed by atoms with Crippen LogP contribution in [0.1, 0.15) is 37.6 Å². The van der Waals surface area contributed by atoms with Gasteiger partial charge in [-0.05, 0) is 36.3 Å². The molecule has 0 saturated heterocycles. The van der Waals surface area contributed by atoms with E-state index in [1.165, 1.54) is 0 Å². The maximum Gasteiger partial charge on any atom is 0.252 e. The van der Waals surface area contributed by atoms with E-state index < -0.39 is 0 Å². The number of nitrogens with one attached hydrogen (secondary N) is 1. The third kappa shape index (κ3) is 5.35. The molecule has 0 aliphatic carbocycles. The van der Waals surface area contributed by atoms with Crippen molar-refractivity contribution in [3.8, 4) is 0 Å². The zero-order chi connectivity index (χ0) is 15.1. The summed E-state index contributed by atoms with van der Waals surface area (Å²) in [6.07, 6.45) is 0.749. The molecule has 0 fully saturated rings. The molecule has 0 spiro atoms. The second kappa shape index (κ2) is 8.55. The molecule has 1 rings (SSSR count). The van der Waals surface area contributed by atoms with Crippen LogP contribution in [0.4, 0.5) is 0 Å². The molecule has 0 aliphatic rings. The minimum absolute atomic E-state index is 0.0548. The Bertz CT molecular complexity index is 451. The molecule has 5 heteroatoms. The molecule has 112 valence electrons. The summed E-state index contributed by atoms with van der Waals surface area (Å²) in [6, 6.07) is 5.11. The lowest BCUT2D eigenvalue weighted by atomic mass is 10.0. The lowest BCUT2D eigenvalue weighted by Gasteiger charge is -2.19. The van der Waals surface area contributed by atoms with Crippen LogP contribution < -0.4 is 5.32 Å². The minimum Gasteiger partial charge on any atom is -0.394 e. The first-order valence-electron chi connectivity index (χ1n) is 6.82. The topological polar surface area (TPSA) is 49.3 Å². The molecule has 20 heavy (non-hydrogen) atoms. The van der Waals surface area contributed by atoms with Gasteiger partial charge in [0.05, 0.1) is 18.2 Å². The Morgan fingerprint density at radius 1 is 1.45 bits per heavy atom. The number of carbonyl (C=O) groups excluding carboxylic acids is 1. The quantitative estimate of drug-likeness (QED) is 0.756. The number of hydrogen-bond acceptors (Lipinski definition) is 3. The van der Waals surface area contributed by atoms with Gasteiger partial charge in [-0.3, -0.25) is 4.79 Å². The second-order valence-electron chi connectivity index (χ2n) is 5.06. The molecule has 1 atom stereocenters. The summed E-state index contributed by atoms with van der Waals surface area (Å²) in [5.41, 5.74) is 0.576. The van der Waals surface area contributed by atoms with Crippen LogP contribution in [0, 0.1) is 5.92 Å². The van der Waals surface area contributed by atoms with Gasteiger partial charge in [-0.25, -0.2) is 0 Å². The molecule has 1 unspecified atom stereocenters. The van der Waals surface area contributed by atoms with Crippen molar-refractivity contribution in [2.24, 2.45) is 5.92 Å². The van der Waals surface area contributed by atoms with E-state index in [1.807, 2.05) is 13.0 Å². The van der Waals surface area contributed by atoms with E-state index in [0.717, 1.165) is 17.1 Å². The van der Waals surface area contributed by atoms with Crippen molar-refractivity contribution in [2.75, 3.05) is 12.4 Å². The summed E-state index contributed by atoms with van der Waals surface area (Å²) in [5, 5.41) is 12.8. The van der Waals surface area contributed by atoms with E-state index in [4.69, 9.17) is 11.6 Å². The SMILES string of the molecule is CCSc1ccc(Cl)cc1C(=O)NC(CO)CC(C)C. The summed E-state index contributed by atoms with van der Waals surface area (Å²) in [6.45, 7) is 6.11. The summed E-state index contributed by atoms with van der Waals surface area (Å²) in [7, 11) is 0. The first-order valence-corrected chi connectivity index (χ1v) is 8.18. The number of benzene rings is 1. The van der Waals surface area contributed by atoms with Gasteiger partial charge < -0.3 is 10.4 Å². The number of thioether (sulfide) groups is 1. The maximum atomic E-state index is 12.3. The Balaban J connectivity index is 2.87. The number of aliphatic hydroxyl groups excluding tert-OH is 1. The Morgan fingerprint density at radius 2 is 2.15 bits per heavy atom. The average molecular weight is 316 g/mol. The van der Waals surface area contributed by atoms with Crippen LogP contribution in [0.25, 0.3) is 0 Å². The van der Waals surface area contributed by atoms with E-state index in [0.29, 0.717) is 16.5 Å². The van der Waals surface area contributed by atoms with Crippen molar-refractivity contribution in [3.63, 3.8) is 0 Å². The highest BCUT2D eigenvalue weighted by atomic mass is 35.5. The molecule has 3 nitrogen and oxygen atoms in total. The first kappa shape index (κ1) is 17.3. The van der Waals surface area contributed by atoms with Crippen LogP contribution in [0.5, 0.6) is 0 Å². The molecule has 1 aromatic carbocycles. The number of aliphatic hydroxyl groups is 1. The van der Waals surface area contributed by atoms with Crippen molar-refractivity contribution in [1.82, 2.24) is 5.32 Å². The van der Waals surface area contributed by atoms with E-state index in [9.17, 15) is 9.90 Å². The van der Waals surface area contributed by atoms with Crippen LogP contribution >= 0.6 is 23.4 Å². The van der Waals surface area contributed by atoms with Gasteiger partial charge in [0.1, 0.15) is 0 Å². The standard InChI is InChI=1S/C15H22ClNO2S/c1-4-20-14-6-5-11(16)8-13(14)15(19)17-12(9-18)7-10(2)3/h5-6,8,10,12,18H,4,7,9H2,1-3H3,(H,17,19). The average Bonchev–Trinajstić information content (AvgIpc) is 2.39. The molecule has 0 radical (unpaired) electrons. The highest BCUT2D eigenvalue weighted by Gasteiger charge is 2.17. The van der Waals surface area contributed by atoms with Crippen molar-refractivity contribution in [2.45, 2.75) is 38.1 Å². The van der Waals surface area contributed by atoms with Gasteiger partial charge in [0.25, 0.3) is 5.91 Å². The Labute approximate surface area is 130 Å². The number of carbonyl (C=O) groups is 1. The van der Waals surface area contributed by atoms with Gasteiger partial charge in [0.2, 0.25) is 0 Å². The van der Waals surface area contributed by atoms with E-state index in [1.54, 1.807) is 23.9 Å². The largest absolute Gasteiger partial charge is 0.394 e. The zero-order valence-electron chi connectivity index (χ0n) is 12.1. The van der Waals surface area contributed by atoms with Gasteiger partial charge in [0.15, 0.2) is 0 Å². The van der Waals surface area contributed by atoms with Crippen molar-refractivity contribution in [1.29, 1.82) is 0 Å². The summed E-state index contributed by atoms with van der Waals surface area (Å²) in [5.74, 6) is 1.12. The predicted molar refractivity (Wildman–Crippen MR) is 85.6 cm³/mol. The molecule has 0 bridgehead atoms. The summed E-state index contributed by atoms with van der Waals surface area (Å²) in [4.78, 5) is 13.3. The molecular formula is C15H22ClNO2S. The lowest BCUT2D eigenvalue weighted by Crippen LogP contribution is -2.38. The fourth-order valence-electron chi connectivity index (χ4n) is 1.97. The van der Waals surface area contributed by atoms with Crippen molar-refractivity contribution < 1.29 is 9.90 Å². The number of hydrogen-bond donors (Lipinski definition) is 2. The van der Waals surface area contributed by atoms with Crippen molar-refractivity contribution >= 4 is 29.3 Å². The molecular weight excluding hydrogens is 294 g/mol. The molecule has 2 N–H and O–H groups in total. The van der Waals surface area contributed by atoms with Crippen LogP contribution in [0.2, 0.25) is 5.02 Å². The van der Waals surface area contributed by atoms with Crippen LogP contribution in [-0.2, 0) is 0 Å². The van der Waals surface area contributed by atoms with Crippen molar-refractivity contribution in [3.05, 3.63) is 28.8 Å². The smallest absolute Gasteiger partial charge is 0.252 e. The third-order valence-electron chi connectivity index (χ3n) is 2.80.